The molecule has 1 aromatic rings. The highest BCUT2D eigenvalue weighted by molar-refractivity contribution is 6.04. The monoisotopic (exact) mass is 299 g/mol. The smallest absolute Gasteiger partial charge is 0.321 e. The Morgan fingerprint density at radius 2 is 1.50 bits per heavy atom. The molecule has 1 aromatic carbocycles. The minimum Gasteiger partial charge on any atom is -0.325 e. The Kier molecular flexibility index (Phi) is 5.84. The molecule has 3 amide bonds. The molecule has 2 rings (SSSR count). The second kappa shape index (κ2) is 8.08. The SMILES string of the molecule is CC#CC(=O)Nc1ccc(NC(=O)N2CCCCCC2)cc1. The fraction of sp³-hybridized carbons (Fsp3) is 0.412. The van der Waals surface area contributed by atoms with Crippen molar-refractivity contribution in [3.8, 4) is 11.8 Å². The predicted molar refractivity (Wildman–Crippen MR) is 87.6 cm³/mol. The molecule has 0 radical (unpaired) electrons. The molecule has 5 nitrogen and oxygen atoms in total. The number of anilines is 2. The van der Waals surface area contributed by atoms with Crippen LogP contribution in [0.1, 0.15) is 32.6 Å². The summed E-state index contributed by atoms with van der Waals surface area (Å²) in [5.41, 5.74) is 1.37. The number of carbonyl (C=O) groups is 2. The fourth-order valence-corrected chi connectivity index (χ4v) is 2.39. The van der Waals surface area contributed by atoms with Crippen LogP contribution in [-0.4, -0.2) is 29.9 Å². The molecule has 116 valence electrons. The molecule has 1 aliphatic rings. The van der Waals surface area contributed by atoms with Gasteiger partial charge in [-0.2, -0.15) is 0 Å². The van der Waals surface area contributed by atoms with Gasteiger partial charge in [-0.1, -0.05) is 18.8 Å². The summed E-state index contributed by atoms with van der Waals surface area (Å²) in [6.07, 6.45) is 4.52. The summed E-state index contributed by atoms with van der Waals surface area (Å²) < 4.78 is 0. The summed E-state index contributed by atoms with van der Waals surface area (Å²) in [6, 6.07) is 6.96. The van der Waals surface area contributed by atoms with E-state index in [4.69, 9.17) is 0 Å². The molecule has 2 N–H and O–H groups in total. The summed E-state index contributed by atoms with van der Waals surface area (Å²) in [4.78, 5) is 25.4. The number of likely N-dealkylation sites (tertiary alicyclic amines) is 1. The fourth-order valence-electron chi connectivity index (χ4n) is 2.39. The van der Waals surface area contributed by atoms with E-state index in [1.165, 1.54) is 12.8 Å². The Morgan fingerprint density at radius 3 is 2.05 bits per heavy atom. The van der Waals surface area contributed by atoms with E-state index >= 15 is 0 Å². The van der Waals surface area contributed by atoms with E-state index in [0.29, 0.717) is 11.4 Å². The van der Waals surface area contributed by atoms with E-state index in [0.717, 1.165) is 25.9 Å². The summed E-state index contributed by atoms with van der Waals surface area (Å²) >= 11 is 0. The van der Waals surface area contributed by atoms with E-state index < -0.39 is 0 Å². The van der Waals surface area contributed by atoms with Gasteiger partial charge in [0.2, 0.25) is 0 Å². The number of nitrogens with one attached hydrogen (secondary N) is 2. The number of carbonyl (C=O) groups excluding carboxylic acids is 2. The van der Waals surface area contributed by atoms with Gasteiger partial charge in [-0.3, -0.25) is 4.79 Å². The van der Waals surface area contributed by atoms with E-state index in [2.05, 4.69) is 22.5 Å². The molecule has 0 aromatic heterocycles. The number of urea groups is 1. The van der Waals surface area contributed by atoms with Crippen LogP contribution in [0.3, 0.4) is 0 Å². The maximum atomic E-state index is 12.2. The predicted octanol–water partition coefficient (Wildman–Crippen LogP) is 3.06. The van der Waals surface area contributed by atoms with Crippen molar-refractivity contribution in [3.63, 3.8) is 0 Å². The van der Waals surface area contributed by atoms with Crippen LogP contribution in [0.15, 0.2) is 24.3 Å². The van der Waals surface area contributed by atoms with Crippen LogP contribution < -0.4 is 10.6 Å². The maximum absolute atomic E-state index is 12.2. The minimum absolute atomic E-state index is 0.0597. The van der Waals surface area contributed by atoms with Gasteiger partial charge in [0.05, 0.1) is 0 Å². The second-order valence-electron chi connectivity index (χ2n) is 5.24. The highest BCUT2D eigenvalue weighted by atomic mass is 16.2. The lowest BCUT2D eigenvalue weighted by atomic mass is 10.2. The van der Waals surface area contributed by atoms with Gasteiger partial charge in [0.15, 0.2) is 0 Å². The van der Waals surface area contributed by atoms with Crippen LogP contribution in [0.5, 0.6) is 0 Å². The molecule has 1 fully saturated rings. The van der Waals surface area contributed by atoms with Crippen molar-refractivity contribution in [2.45, 2.75) is 32.6 Å². The van der Waals surface area contributed by atoms with Gasteiger partial charge in [0.1, 0.15) is 0 Å². The lowest BCUT2D eigenvalue weighted by Gasteiger charge is -2.20. The first-order valence-corrected chi connectivity index (χ1v) is 7.59. The lowest BCUT2D eigenvalue weighted by molar-refractivity contribution is -0.111. The zero-order chi connectivity index (χ0) is 15.8. The molecule has 5 heteroatoms. The van der Waals surface area contributed by atoms with Gasteiger partial charge in [-0.05, 0) is 50.0 Å². The molecular weight excluding hydrogens is 278 g/mol. The normalized spacial score (nSPS) is 14.3. The number of benzene rings is 1. The van der Waals surface area contributed by atoms with Gasteiger partial charge in [0.25, 0.3) is 5.91 Å². The summed E-state index contributed by atoms with van der Waals surface area (Å²) in [6.45, 7) is 3.24. The zero-order valence-corrected chi connectivity index (χ0v) is 12.8. The minimum atomic E-state index is -0.344. The van der Waals surface area contributed by atoms with Crippen LogP contribution in [0.2, 0.25) is 0 Å². The highest BCUT2D eigenvalue weighted by Crippen LogP contribution is 2.15. The van der Waals surface area contributed by atoms with E-state index in [9.17, 15) is 9.59 Å². The quantitative estimate of drug-likeness (QED) is 0.824. The number of rotatable bonds is 2. The van der Waals surface area contributed by atoms with Crippen molar-refractivity contribution in [3.05, 3.63) is 24.3 Å². The van der Waals surface area contributed by atoms with Gasteiger partial charge >= 0.3 is 6.03 Å². The van der Waals surface area contributed by atoms with E-state index in [1.54, 1.807) is 31.2 Å². The standard InChI is InChI=1S/C17H21N3O2/c1-2-7-16(21)18-14-8-10-15(11-9-14)19-17(22)20-12-5-3-4-6-13-20/h8-11H,3-6,12-13H2,1H3,(H,18,21)(H,19,22). The topological polar surface area (TPSA) is 61.4 Å². The molecule has 0 saturated carbocycles. The first-order chi connectivity index (χ1) is 10.7. The van der Waals surface area contributed by atoms with E-state index in [1.807, 2.05) is 4.90 Å². The van der Waals surface area contributed by atoms with Crippen LogP contribution in [0.4, 0.5) is 16.2 Å². The molecule has 1 saturated heterocycles. The summed E-state index contributed by atoms with van der Waals surface area (Å²) in [5.74, 6) is 4.61. The molecule has 0 atom stereocenters. The maximum Gasteiger partial charge on any atom is 0.321 e. The Hall–Kier alpha value is -2.48. The van der Waals surface area contributed by atoms with Crippen molar-refractivity contribution >= 4 is 23.3 Å². The Bertz CT molecular complexity index is 576. The summed E-state index contributed by atoms with van der Waals surface area (Å²) in [5, 5.41) is 5.55. The van der Waals surface area contributed by atoms with Crippen LogP contribution in [-0.2, 0) is 4.79 Å². The molecule has 0 spiro atoms. The van der Waals surface area contributed by atoms with Gasteiger partial charge in [-0.25, -0.2) is 4.79 Å². The lowest BCUT2D eigenvalue weighted by Crippen LogP contribution is -2.35. The molecule has 0 bridgehead atoms. The van der Waals surface area contributed by atoms with Gasteiger partial charge in [-0.15, -0.1) is 0 Å². The van der Waals surface area contributed by atoms with E-state index in [-0.39, 0.29) is 11.9 Å². The average molecular weight is 299 g/mol. The number of nitrogens with zero attached hydrogens (tertiary/aromatic N) is 1. The first kappa shape index (κ1) is 15.9. The first-order valence-electron chi connectivity index (χ1n) is 7.59. The number of amides is 3. The zero-order valence-electron chi connectivity index (χ0n) is 12.8. The van der Waals surface area contributed by atoms with Crippen molar-refractivity contribution in [1.29, 1.82) is 0 Å². The summed E-state index contributed by atoms with van der Waals surface area (Å²) in [7, 11) is 0. The highest BCUT2D eigenvalue weighted by Gasteiger charge is 2.15. The Labute approximate surface area is 131 Å². The third-order valence-electron chi connectivity index (χ3n) is 3.53. The molecule has 1 heterocycles. The van der Waals surface area contributed by atoms with Crippen LogP contribution in [0.25, 0.3) is 0 Å². The van der Waals surface area contributed by atoms with Crippen LogP contribution >= 0.6 is 0 Å². The average Bonchev–Trinajstić information content (AvgIpc) is 2.78. The Balaban J connectivity index is 1.91. The molecule has 1 aliphatic heterocycles. The Morgan fingerprint density at radius 1 is 0.955 bits per heavy atom. The largest absolute Gasteiger partial charge is 0.325 e. The number of hydrogen-bond donors (Lipinski definition) is 2. The molecule has 0 aliphatic carbocycles. The van der Waals surface area contributed by atoms with Gasteiger partial charge < -0.3 is 15.5 Å². The molecule has 22 heavy (non-hydrogen) atoms. The van der Waals surface area contributed by atoms with Crippen molar-refractivity contribution < 1.29 is 9.59 Å². The second-order valence-corrected chi connectivity index (χ2v) is 5.24. The van der Waals surface area contributed by atoms with Crippen LogP contribution in [0, 0.1) is 11.8 Å². The molecular formula is C17H21N3O2. The molecule has 0 unspecified atom stereocenters. The van der Waals surface area contributed by atoms with Crippen molar-refractivity contribution in [1.82, 2.24) is 4.90 Å². The van der Waals surface area contributed by atoms with Crippen molar-refractivity contribution in [2.24, 2.45) is 0 Å². The third kappa shape index (κ3) is 4.81. The van der Waals surface area contributed by atoms with Crippen molar-refractivity contribution in [2.75, 3.05) is 23.7 Å². The van der Waals surface area contributed by atoms with Gasteiger partial charge in [0, 0.05) is 24.5 Å². The number of hydrogen-bond acceptors (Lipinski definition) is 2. The third-order valence-corrected chi connectivity index (χ3v) is 3.53.